The lowest BCUT2D eigenvalue weighted by Gasteiger charge is -2.45. The maximum Gasteiger partial charge on any atom is 0.235 e. The van der Waals surface area contributed by atoms with E-state index >= 15 is 0 Å². The van der Waals surface area contributed by atoms with E-state index < -0.39 is 11.5 Å². The molecule has 27 heavy (non-hydrogen) atoms. The Balaban J connectivity index is 2.07. The van der Waals surface area contributed by atoms with E-state index in [9.17, 15) is 4.79 Å². The normalized spacial score (nSPS) is 22.1. The lowest BCUT2D eigenvalue weighted by Crippen LogP contribution is -2.63. The molecule has 2 aromatic carbocycles. The molecule has 3 rings (SSSR count). The van der Waals surface area contributed by atoms with Gasteiger partial charge in [0.15, 0.2) is 5.96 Å². The fourth-order valence-electron chi connectivity index (χ4n) is 3.51. The minimum absolute atomic E-state index is 0.0718. The molecule has 2 aromatic rings. The molecule has 1 amide bonds. The summed E-state index contributed by atoms with van der Waals surface area (Å²) >= 11 is 0. The van der Waals surface area contributed by atoms with Crippen molar-refractivity contribution in [3.05, 3.63) is 54.1 Å². The third-order valence-electron chi connectivity index (χ3n) is 5.23. The number of carbonyl (C=O) groups excluding carboxylic acids is 1. The van der Waals surface area contributed by atoms with Gasteiger partial charge in [0, 0.05) is 13.5 Å². The van der Waals surface area contributed by atoms with Crippen molar-refractivity contribution in [1.29, 1.82) is 5.41 Å². The molecule has 1 fully saturated rings. The molecule has 5 nitrogen and oxygen atoms in total. The molecule has 2 atom stereocenters. The summed E-state index contributed by atoms with van der Waals surface area (Å²) in [5, 5.41) is 11.3. The van der Waals surface area contributed by atoms with Gasteiger partial charge in [-0.1, -0.05) is 30.3 Å². The van der Waals surface area contributed by atoms with Gasteiger partial charge in [-0.15, -0.1) is 12.3 Å². The third kappa shape index (κ3) is 3.26. The highest BCUT2D eigenvalue weighted by atomic mass is 16.5. The van der Waals surface area contributed by atoms with Gasteiger partial charge in [-0.05, 0) is 41.8 Å². The number of hydrogen-bond acceptors (Lipinski definition) is 3. The number of benzene rings is 2. The number of terminal acetylenes is 1. The molecule has 0 spiro atoms. The monoisotopic (exact) mass is 361 g/mol. The van der Waals surface area contributed by atoms with Crippen LogP contribution in [0.2, 0.25) is 0 Å². The number of carbonyl (C=O) groups is 1. The van der Waals surface area contributed by atoms with Crippen molar-refractivity contribution in [3.63, 3.8) is 0 Å². The predicted octanol–water partition coefficient (Wildman–Crippen LogP) is 3.21. The van der Waals surface area contributed by atoms with Crippen LogP contribution in [0.3, 0.4) is 0 Å². The van der Waals surface area contributed by atoms with Crippen molar-refractivity contribution >= 4 is 11.9 Å². The highest BCUT2D eigenvalue weighted by Crippen LogP contribution is 2.37. The van der Waals surface area contributed by atoms with E-state index in [-0.39, 0.29) is 11.9 Å². The Hall–Kier alpha value is -3.26. The van der Waals surface area contributed by atoms with Crippen LogP contribution in [-0.2, 0) is 10.3 Å². The summed E-state index contributed by atoms with van der Waals surface area (Å²) in [6, 6.07) is 15.8. The summed E-state index contributed by atoms with van der Waals surface area (Å²) < 4.78 is 5.32. The van der Waals surface area contributed by atoms with Crippen molar-refractivity contribution in [1.82, 2.24) is 10.2 Å². The summed E-state index contributed by atoms with van der Waals surface area (Å²) in [4.78, 5) is 14.1. The maximum atomic E-state index is 12.8. The summed E-state index contributed by atoms with van der Waals surface area (Å²) in [5.74, 6) is 2.86. The second kappa shape index (κ2) is 7.16. The number of rotatable bonds is 4. The smallest absolute Gasteiger partial charge is 0.235 e. The van der Waals surface area contributed by atoms with Crippen LogP contribution in [-0.4, -0.2) is 30.9 Å². The van der Waals surface area contributed by atoms with Crippen molar-refractivity contribution in [2.75, 3.05) is 14.2 Å². The number of ether oxygens (including phenoxy) is 1. The Bertz CT molecular complexity index is 931. The second-order valence-electron chi connectivity index (χ2n) is 6.85. The molecule has 0 radical (unpaired) electrons. The Morgan fingerprint density at radius 1 is 1.26 bits per heavy atom. The largest absolute Gasteiger partial charge is 0.497 e. The van der Waals surface area contributed by atoms with Gasteiger partial charge in [0.1, 0.15) is 5.75 Å². The van der Waals surface area contributed by atoms with Gasteiger partial charge in [-0.25, -0.2) is 0 Å². The first-order valence-electron chi connectivity index (χ1n) is 8.73. The molecular weight excluding hydrogens is 338 g/mol. The first-order chi connectivity index (χ1) is 12.9. The van der Waals surface area contributed by atoms with Crippen LogP contribution in [0, 0.1) is 23.7 Å². The van der Waals surface area contributed by atoms with Crippen LogP contribution in [0.5, 0.6) is 5.75 Å². The van der Waals surface area contributed by atoms with Crippen molar-refractivity contribution in [3.8, 4) is 29.2 Å². The molecule has 138 valence electrons. The van der Waals surface area contributed by atoms with Crippen LogP contribution in [0.4, 0.5) is 0 Å². The number of nitrogens with one attached hydrogen (secondary N) is 2. The quantitative estimate of drug-likeness (QED) is 0.822. The van der Waals surface area contributed by atoms with E-state index in [1.165, 1.54) is 4.90 Å². The zero-order valence-electron chi connectivity index (χ0n) is 15.7. The van der Waals surface area contributed by atoms with Gasteiger partial charge in [-0.3, -0.25) is 15.1 Å². The highest BCUT2D eigenvalue weighted by Gasteiger charge is 2.47. The fraction of sp³-hybridized carbons (Fsp3) is 0.273. The van der Waals surface area contributed by atoms with Crippen molar-refractivity contribution < 1.29 is 9.53 Å². The Morgan fingerprint density at radius 3 is 2.59 bits per heavy atom. The average Bonchev–Trinajstić information content (AvgIpc) is 2.70. The van der Waals surface area contributed by atoms with E-state index in [2.05, 4.69) is 11.2 Å². The van der Waals surface area contributed by atoms with Gasteiger partial charge in [-0.2, -0.15) is 0 Å². The standard InChI is InChI=1S/C22H23N3O2/c1-5-8-19-20(26)25(3)21(23)24-22(19,2)17-11-6-9-15(13-17)16-10-7-12-18(14-16)27-4/h1,6-7,9-14,19H,8H2,2-4H3,(H2,23,24)/t19-,22+/m0/s1. The number of amides is 1. The summed E-state index contributed by atoms with van der Waals surface area (Å²) in [6.07, 6.45) is 5.83. The Kier molecular flexibility index (Phi) is 4.91. The molecule has 0 unspecified atom stereocenters. The Morgan fingerprint density at radius 2 is 1.93 bits per heavy atom. The van der Waals surface area contributed by atoms with Gasteiger partial charge >= 0.3 is 0 Å². The van der Waals surface area contributed by atoms with Crippen LogP contribution in [0.25, 0.3) is 11.1 Å². The fourth-order valence-corrected chi connectivity index (χ4v) is 3.51. The predicted molar refractivity (Wildman–Crippen MR) is 106 cm³/mol. The number of nitrogens with zero attached hydrogens (tertiary/aromatic N) is 1. The molecule has 1 aliphatic heterocycles. The van der Waals surface area contributed by atoms with Crippen LogP contribution >= 0.6 is 0 Å². The highest BCUT2D eigenvalue weighted by molar-refractivity contribution is 6.00. The topological polar surface area (TPSA) is 65.4 Å². The van der Waals surface area contributed by atoms with Gasteiger partial charge < -0.3 is 10.1 Å². The number of hydrogen-bond donors (Lipinski definition) is 2. The molecule has 0 aliphatic carbocycles. The zero-order chi connectivity index (χ0) is 19.6. The number of guanidine groups is 1. The van der Waals surface area contributed by atoms with E-state index in [0.29, 0.717) is 6.42 Å². The van der Waals surface area contributed by atoms with Crippen LogP contribution in [0.15, 0.2) is 48.5 Å². The van der Waals surface area contributed by atoms with Gasteiger partial charge in [0.2, 0.25) is 5.91 Å². The number of methoxy groups -OCH3 is 1. The van der Waals surface area contributed by atoms with Crippen LogP contribution < -0.4 is 10.1 Å². The maximum absolute atomic E-state index is 12.8. The molecule has 2 N–H and O–H groups in total. The summed E-state index contributed by atoms with van der Waals surface area (Å²) in [7, 11) is 3.23. The first kappa shape index (κ1) is 18.5. The van der Waals surface area contributed by atoms with E-state index in [4.69, 9.17) is 16.6 Å². The lowest BCUT2D eigenvalue weighted by molar-refractivity contribution is -0.135. The first-order valence-corrected chi connectivity index (χ1v) is 8.73. The molecule has 0 aromatic heterocycles. The second-order valence-corrected chi connectivity index (χ2v) is 6.85. The van der Waals surface area contributed by atoms with Crippen molar-refractivity contribution in [2.24, 2.45) is 5.92 Å². The molecule has 0 bridgehead atoms. The summed E-state index contributed by atoms with van der Waals surface area (Å²) in [5.41, 5.74) is 2.17. The minimum Gasteiger partial charge on any atom is -0.497 e. The molecule has 1 heterocycles. The van der Waals surface area contributed by atoms with E-state index in [0.717, 1.165) is 22.4 Å². The van der Waals surface area contributed by atoms with E-state index in [1.807, 2.05) is 55.5 Å². The lowest BCUT2D eigenvalue weighted by atomic mass is 9.75. The van der Waals surface area contributed by atoms with Gasteiger partial charge in [0.05, 0.1) is 18.6 Å². The third-order valence-corrected chi connectivity index (χ3v) is 5.23. The van der Waals surface area contributed by atoms with Crippen LogP contribution in [0.1, 0.15) is 18.9 Å². The average molecular weight is 361 g/mol. The molecule has 0 saturated carbocycles. The molecule has 1 saturated heterocycles. The van der Waals surface area contributed by atoms with E-state index in [1.54, 1.807) is 14.2 Å². The Labute approximate surface area is 159 Å². The molecular formula is C22H23N3O2. The molecule has 1 aliphatic rings. The SMILES string of the molecule is C#CC[C@H]1C(=O)N(C)C(=N)N[C@]1(C)c1cccc(-c2cccc(OC)c2)c1. The van der Waals surface area contributed by atoms with Gasteiger partial charge in [0.25, 0.3) is 0 Å². The summed E-state index contributed by atoms with van der Waals surface area (Å²) in [6.45, 7) is 1.93. The molecule has 5 heteroatoms. The minimum atomic E-state index is -0.762. The van der Waals surface area contributed by atoms with Crippen molar-refractivity contribution in [2.45, 2.75) is 18.9 Å². The zero-order valence-corrected chi connectivity index (χ0v) is 15.7.